The predicted molar refractivity (Wildman–Crippen MR) is 116 cm³/mol. The second-order valence-corrected chi connectivity index (χ2v) is 9.09. The number of ether oxygens (including phenoxy) is 3. The van der Waals surface area contributed by atoms with E-state index in [1.165, 1.54) is 18.4 Å². The summed E-state index contributed by atoms with van der Waals surface area (Å²) in [6.45, 7) is 9.88. The summed E-state index contributed by atoms with van der Waals surface area (Å²) in [7, 11) is 2.96. The molecule has 1 aromatic heterocycles. The fraction of sp³-hybridized carbons (Fsp3) is 0.524. The smallest absolute Gasteiger partial charge is 0.407 e. The van der Waals surface area contributed by atoms with Crippen LogP contribution in [0.4, 0.5) is 10.5 Å². The highest BCUT2D eigenvalue weighted by atomic mass is 32.1. The average Bonchev–Trinajstić information content (AvgIpc) is 3.00. The Morgan fingerprint density at radius 3 is 2.41 bits per heavy atom. The molecule has 8 heteroatoms. The number of amides is 1. The molecule has 0 aliphatic heterocycles. The molecule has 0 bridgehead atoms. The summed E-state index contributed by atoms with van der Waals surface area (Å²) in [6, 6.07) is 5.53. The molecule has 2 aromatic rings. The Morgan fingerprint density at radius 2 is 1.86 bits per heavy atom. The second kappa shape index (κ2) is 9.35. The van der Waals surface area contributed by atoms with E-state index in [0.717, 1.165) is 10.1 Å². The molecule has 0 unspecified atom stereocenters. The Balaban J connectivity index is 2.32. The normalized spacial score (nSPS) is 12.6. The number of thiophene rings is 1. The summed E-state index contributed by atoms with van der Waals surface area (Å²) in [6.07, 6.45) is -0.477. The maximum atomic E-state index is 12.4. The number of hydrogen-bond acceptors (Lipinski definition) is 7. The van der Waals surface area contributed by atoms with Gasteiger partial charge < -0.3 is 24.8 Å². The van der Waals surface area contributed by atoms with Gasteiger partial charge in [0.1, 0.15) is 16.2 Å². The average molecular weight is 423 g/mol. The summed E-state index contributed by atoms with van der Waals surface area (Å²) >= 11 is 1.36. The van der Waals surface area contributed by atoms with Crippen molar-refractivity contribution < 1.29 is 23.8 Å². The van der Waals surface area contributed by atoms with Crippen molar-refractivity contribution in [2.75, 3.05) is 26.1 Å². The van der Waals surface area contributed by atoms with E-state index < -0.39 is 17.7 Å². The number of carbonyl (C=O) groups is 2. The van der Waals surface area contributed by atoms with Gasteiger partial charge in [0.05, 0.1) is 19.9 Å². The molecule has 0 spiro atoms. The van der Waals surface area contributed by atoms with Gasteiger partial charge in [0.2, 0.25) is 0 Å². The van der Waals surface area contributed by atoms with Crippen LogP contribution < -0.4 is 15.4 Å². The number of anilines is 1. The van der Waals surface area contributed by atoms with E-state index in [2.05, 4.69) is 10.6 Å². The summed E-state index contributed by atoms with van der Waals surface area (Å²) in [5.41, 5.74) is 0.115. The fourth-order valence-electron chi connectivity index (χ4n) is 2.73. The first kappa shape index (κ1) is 22.8. The molecule has 29 heavy (non-hydrogen) atoms. The number of benzene rings is 1. The maximum Gasteiger partial charge on any atom is 0.407 e. The minimum absolute atomic E-state index is 0.130. The first-order chi connectivity index (χ1) is 13.6. The van der Waals surface area contributed by atoms with Crippen molar-refractivity contribution in [3.8, 4) is 5.75 Å². The van der Waals surface area contributed by atoms with E-state index >= 15 is 0 Å². The molecule has 160 valence electrons. The number of esters is 1. The van der Waals surface area contributed by atoms with E-state index in [1.54, 1.807) is 7.11 Å². The van der Waals surface area contributed by atoms with Gasteiger partial charge in [-0.3, -0.25) is 0 Å². The molecule has 1 heterocycles. The molecule has 0 saturated heterocycles. The van der Waals surface area contributed by atoms with Crippen LogP contribution in [0.5, 0.6) is 5.75 Å². The third-order valence-electron chi connectivity index (χ3n) is 4.27. The van der Waals surface area contributed by atoms with Crippen LogP contribution in [0.15, 0.2) is 18.2 Å². The molecule has 0 aliphatic rings. The minimum Gasteiger partial charge on any atom is -0.497 e. The largest absolute Gasteiger partial charge is 0.497 e. The van der Waals surface area contributed by atoms with Crippen LogP contribution in [0.25, 0.3) is 10.1 Å². The predicted octanol–water partition coefficient (Wildman–Crippen LogP) is 4.66. The molecule has 0 saturated carbocycles. The molecule has 7 nitrogen and oxygen atoms in total. The Kier molecular flexibility index (Phi) is 7.35. The van der Waals surface area contributed by atoms with Crippen LogP contribution in [0.2, 0.25) is 0 Å². The number of hydrogen-bond donors (Lipinski definition) is 2. The highest BCUT2D eigenvalue weighted by Crippen LogP contribution is 2.39. The zero-order valence-electron chi connectivity index (χ0n) is 18.0. The monoisotopic (exact) mass is 422 g/mol. The fourth-order valence-corrected chi connectivity index (χ4v) is 3.79. The first-order valence-corrected chi connectivity index (χ1v) is 10.3. The maximum absolute atomic E-state index is 12.4. The molecule has 2 N–H and O–H groups in total. The molecule has 1 amide bonds. The molecule has 1 aromatic carbocycles. The van der Waals surface area contributed by atoms with Gasteiger partial charge in [-0.2, -0.15) is 0 Å². The Bertz CT molecular complexity index is 870. The van der Waals surface area contributed by atoms with Crippen molar-refractivity contribution in [1.29, 1.82) is 0 Å². The van der Waals surface area contributed by atoms with Crippen LogP contribution >= 0.6 is 11.3 Å². The second-order valence-electron chi connectivity index (χ2n) is 8.04. The quantitative estimate of drug-likeness (QED) is 0.631. The van der Waals surface area contributed by atoms with Crippen LogP contribution in [-0.4, -0.2) is 44.5 Å². The Labute approximate surface area is 175 Å². The van der Waals surface area contributed by atoms with Crippen LogP contribution in [0, 0.1) is 5.92 Å². The van der Waals surface area contributed by atoms with Crippen LogP contribution in [0.3, 0.4) is 0 Å². The van der Waals surface area contributed by atoms with Crippen molar-refractivity contribution in [3.05, 3.63) is 23.1 Å². The number of alkyl carbamates (subject to hydrolysis) is 1. The summed E-state index contributed by atoms with van der Waals surface area (Å²) in [5, 5.41) is 7.12. The highest BCUT2D eigenvalue weighted by Gasteiger charge is 2.24. The lowest BCUT2D eigenvalue weighted by Gasteiger charge is -2.26. The third kappa shape index (κ3) is 6.00. The molecule has 0 radical (unpaired) electrons. The van der Waals surface area contributed by atoms with Gasteiger partial charge in [-0.1, -0.05) is 13.8 Å². The molecule has 1 atom stereocenters. The van der Waals surface area contributed by atoms with E-state index in [9.17, 15) is 9.59 Å². The molecular formula is C21H30N2O5S. The SMILES string of the molecule is COC(=O)c1sc2ccc(OC)cc2c1N[C@H](CNC(=O)OC(C)(C)C)C(C)C. The van der Waals surface area contributed by atoms with Gasteiger partial charge in [-0.05, 0) is 44.9 Å². The number of carbonyl (C=O) groups excluding carboxylic acids is 2. The molecule has 2 rings (SSSR count). The molecular weight excluding hydrogens is 392 g/mol. The number of rotatable bonds is 7. The van der Waals surface area contributed by atoms with E-state index in [-0.39, 0.29) is 12.0 Å². The standard InChI is InChI=1S/C21H30N2O5S/c1-12(2)15(11-22-20(25)28-21(3,4)5)23-17-14-10-13(26-6)8-9-16(14)29-18(17)19(24)27-7/h8-10,12,15,23H,11H2,1-7H3,(H,22,25)/t15-/m1/s1. The van der Waals surface area contributed by atoms with Crippen molar-refractivity contribution in [1.82, 2.24) is 5.32 Å². The van der Waals surface area contributed by atoms with Crippen molar-refractivity contribution >= 4 is 39.2 Å². The number of nitrogens with one attached hydrogen (secondary N) is 2. The molecule has 0 fully saturated rings. The summed E-state index contributed by atoms with van der Waals surface area (Å²) < 4.78 is 16.6. The van der Waals surface area contributed by atoms with Crippen LogP contribution in [-0.2, 0) is 9.47 Å². The Morgan fingerprint density at radius 1 is 1.17 bits per heavy atom. The van der Waals surface area contributed by atoms with Crippen molar-refractivity contribution in [2.45, 2.75) is 46.3 Å². The lowest BCUT2D eigenvalue weighted by Crippen LogP contribution is -2.42. The van der Waals surface area contributed by atoms with Crippen LogP contribution in [0.1, 0.15) is 44.3 Å². The van der Waals surface area contributed by atoms with Gasteiger partial charge >= 0.3 is 12.1 Å². The van der Waals surface area contributed by atoms with Gasteiger partial charge in [-0.15, -0.1) is 11.3 Å². The van der Waals surface area contributed by atoms with E-state index in [0.29, 0.717) is 22.9 Å². The third-order valence-corrected chi connectivity index (χ3v) is 5.42. The van der Waals surface area contributed by atoms with Gasteiger partial charge in [0.15, 0.2) is 0 Å². The summed E-state index contributed by atoms with van der Waals surface area (Å²) in [4.78, 5) is 24.9. The van der Waals surface area contributed by atoms with E-state index in [1.807, 2.05) is 52.8 Å². The van der Waals surface area contributed by atoms with Crippen molar-refractivity contribution in [3.63, 3.8) is 0 Å². The van der Waals surface area contributed by atoms with Crippen molar-refractivity contribution in [2.24, 2.45) is 5.92 Å². The number of methoxy groups -OCH3 is 2. The van der Waals surface area contributed by atoms with Gasteiger partial charge in [0.25, 0.3) is 0 Å². The van der Waals surface area contributed by atoms with Gasteiger partial charge in [0, 0.05) is 22.7 Å². The Hall–Kier alpha value is -2.48. The zero-order chi connectivity index (χ0) is 21.8. The first-order valence-electron chi connectivity index (χ1n) is 9.48. The highest BCUT2D eigenvalue weighted by molar-refractivity contribution is 7.21. The van der Waals surface area contributed by atoms with E-state index in [4.69, 9.17) is 14.2 Å². The topological polar surface area (TPSA) is 85.9 Å². The lowest BCUT2D eigenvalue weighted by molar-refractivity contribution is 0.0522. The minimum atomic E-state index is -0.566. The number of fused-ring (bicyclic) bond motifs is 1. The van der Waals surface area contributed by atoms with Gasteiger partial charge in [-0.25, -0.2) is 9.59 Å². The summed E-state index contributed by atoms with van der Waals surface area (Å²) in [5.74, 6) is 0.467. The zero-order valence-corrected chi connectivity index (χ0v) is 18.9. The lowest BCUT2D eigenvalue weighted by atomic mass is 10.0. The molecule has 0 aliphatic carbocycles.